The molecule has 0 saturated carbocycles. The topological polar surface area (TPSA) is 84.9 Å². The van der Waals surface area contributed by atoms with Crippen molar-refractivity contribution in [2.75, 3.05) is 12.0 Å². The Bertz CT molecular complexity index is 1370. The number of anilines is 1. The van der Waals surface area contributed by atoms with E-state index in [1.807, 2.05) is 18.2 Å². The van der Waals surface area contributed by atoms with Crippen molar-refractivity contribution in [1.82, 2.24) is 5.32 Å². The second-order valence-electron chi connectivity index (χ2n) is 7.67. The van der Waals surface area contributed by atoms with E-state index in [1.54, 1.807) is 43.3 Å². The zero-order valence-corrected chi connectivity index (χ0v) is 20.3. The van der Waals surface area contributed by atoms with E-state index in [-0.39, 0.29) is 17.9 Å². The number of ether oxygens (including phenoxy) is 2. The van der Waals surface area contributed by atoms with E-state index in [4.69, 9.17) is 32.7 Å². The molecule has 0 bridgehead atoms. The minimum absolute atomic E-state index is 0.148. The van der Waals surface area contributed by atoms with Crippen molar-refractivity contribution in [3.05, 3.63) is 93.0 Å². The standard InChI is InChI=1S/C26H20Cl2N2O5/c1-15-7-9-18(27)12-22(15)30-25(32)20(24(31)29-26(30)33)11-16-8-10-19(34-2)13-23(16)35-14-17-5-3-4-6-21(17)28/h3-13H,14H2,1-2H3,(H,29,31,33)/b20-11+. The molecule has 4 rings (SSSR count). The number of aryl methyl sites for hydroxylation is 1. The molecular formula is C26H20Cl2N2O5. The molecule has 0 aliphatic carbocycles. The molecule has 1 saturated heterocycles. The van der Waals surface area contributed by atoms with Gasteiger partial charge in [-0.1, -0.05) is 47.5 Å². The quantitative estimate of drug-likeness (QED) is 0.346. The summed E-state index contributed by atoms with van der Waals surface area (Å²) in [4.78, 5) is 39.4. The first-order chi connectivity index (χ1) is 16.8. The van der Waals surface area contributed by atoms with E-state index in [9.17, 15) is 14.4 Å². The fourth-order valence-corrected chi connectivity index (χ4v) is 3.87. The van der Waals surface area contributed by atoms with Gasteiger partial charge in [-0.3, -0.25) is 14.9 Å². The summed E-state index contributed by atoms with van der Waals surface area (Å²) >= 11 is 12.3. The summed E-state index contributed by atoms with van der Waals surface area (Å²) in [6.07, 6.45) is 1.37. The summed E-state index contributed by atoms with van der Waals surface area (Å²) < 4.78 is 11.3. The van der Waals surface area contributed by atoms with Gasteiger partial charge >= 0.3 is 6.03 Å². The van der Waals surface area contributed by atoms with Crippen molar-refractivity contribution in [1.29, 1.82) is 0 Å². The predicted octanol–water partition coefficient (Wildman–Crippen LogP) is 5.56. The maximum absolute atomic E-state index is 13.3. The fraction of sp³-hybridized carbons (Fsp3) is 0.115. The van der Waals surface area contributed by atoms with Gasteiger partial charge in [0, 0.05) is 27.2 Å². The van der Waals surface area contributed by atoms with Crippen LogP contribution in [-0.4, -0.2) is 25.0 Å². The number of carbonyl (C=O) groups excluding carboxylic acids is 3. The Hall–Kier alpha value is -3.81. The van der Waals surface area contributed by atoms with Crippen molar-refractivity contribution in [2.45, 2.75) is 13.5 Å². The van der Waals surface area contributed by atoms with Crippen LogP contribution in [0, 0.1) is 6.92 Å². The molecule has 7 nitrogen and oxygen atoms in total. The van der Waals surface area contributed by atoms with Crippen LogP contribution in [0.1, 0.15) is 16.7 Å². The molecule has 0 unspecified atom stereocenters. The number of methoxy groups -OCH3 is 1. The van der Waals surface area contributed by atoms with Gasteiger partial charge in [-0.15, -0.1) is 0 Å². The Morgan fingerprint density at radius 1 is 1.00 bits per heavy atom. The molecule has 0 radical (unpaired) electrons. The average molecular weight is 511 g/mol. The van der Waals surface area contributed by atoms with E-state index < -0.39 is 17.8 Å². The average Bonchev–Trinajstić information content (AvgIpc) is 2.83. The van der Waals surface area contributed by atoms with Gasteiger partial charge in [0.05, 0.1) is 12.8 Å². The van der Waals surface area contributed by atoms with E-state index >= 15 is 0 Å². The number of imide groups is 2. The highest BCUT2D eigenvalue weighted by atomic mass is 35.5. The van der Waals surface area contributed by atoms with Gasteiger partial charge < -0.3 is 9.47 Å². The number of barbiturate groups is 1. The van der Waals surface area contributed by atoms with Gasteiger partial charge in [-0.2, -0.15) is 0 Å². The Morgan fingerprint density at radius 3 is 2.51 bits per heavy atom. The summed E-state index contributed by atoms with van der Waals surface area (Å²) in [7, 11) is 1.51. The van der Waals surface area contributed by atoms with Crippen LogP contribution >= 0.6 is 23.2 Å². The number of rotatable bonds is 6. The molecule has 1 heterocycles. The Morgan fingerprint density at radius 2 is 1.77 bits per heavy atom. The van der Waals surface area contributed by atoms with Crippen LogP contribution in [0.3, 0.4) is 0 Å². The number of benzene rings is 3. The Balaban J connectivity index is 1.72. The molecule has 178 valence electrons. The van der Waals surface area contributed by atoms with Gasteiger partial charge in [-0.05, 0) is 48.9 Å². The second kappa shape index (κ2) is 10.2. The maximum atomic E-state index is 13.3. The molecule has 3 aromatic carbocycles. The molecule has 1 aliphatic heterocycles. The Kier molecular flexibility index (Phi) is 7.10. The molecular weight excluding hydrogens is 491 g/mol. The maximum Gasteiger partial charge on any atom is 0.335 e. The van der Waals surface area contributed by atoms with Crippen LogP contribution in [0.15, 0.2) is 66.2 Å². The molecule has 9 heteroatoms. The lowest BCUT2D eigenvalue weighted by Crippen LogP contribution is -2.54. The van der Waals surface area contributed by atoms with Crippen LogP contribution < -0.4 is 19.7 Å². The number of amides is 4. The number of carbonyl (C=O) groups is 3. The van der Waals surface area contributed by atoms with Gasteiger partial charge in [0.1, 0.15) is 23.7 Å². The monoisotopic (exact) mass is 510 g/mol. The molecule has 35 heavy (non-hydrogen) atoms. The lowest BCUT2D eigenvalue weighted by atomic mass is 10.0. The first-order valence-corrected chi connectivity index (χ1v) is 11.3. The van der Waals surface area contributed by atoms with Crippen molar-refractivity contribution >= 4 is 52.8 Å². The Labute approximate surface area is 211 Å². The molecule has 3 aromatic rings. The highest BCUT2D eigenvalue weighted by Gasteiger charge is 2.37. The minimum Gasteiger partial charge on any atom is -0.497 e. The summed E-state index contributed by atoms with van der Waals surface area (Å²) in [6.45, 7) is 1.88. The number of nitrogens with zero attached hydrogens (tertiary/aromatic N) is 1. The van der Waals surface area contributed by atoms with Crippen LogP contribution in [0.2, 0.25) is 10.0 Å². The predicted molar refractivity (Wildman–Crippen MR) is 134 cm³/mol. The highest BCUT2D eigenvalue weighted by molar-refractivity contribution is 6.39. The summed E-state index contributed by atoms with van der Waals surface area (Å²) in [6, 6.07) is 16.2. The SMILES string of the molecule is COc1ccc(/C=C2\C(=O)NC(=O)N(c3cc(Cl)ccc3C)C2=O)c(OCc2ccccc2Cl)c1. The number of urea groups is 1. The second-order valence-corrected chi connectivity index (χ2v) is 8.52. The smallest absolute Gasteiger partial charge is 0.335 e. The van der Waals surface area contributed by atoms with Crippen LogP contribution in [0.5, 0.6) is 11.5 Å². The molecule has 0 aromatic heterocycles. The fourth-order valence-electron chi connectivity index (χ4n) is 3.51. The zero-order valence-electron chi connectivity index (χ0n) is 18.8. The van der Waals surface area contributed by atoms with Crippen molar-refractivity contribution in [3.8, 4) is 11.5 Å². The van der Waals surface area contributed by atoms with Crippen molar-refractivity contribution in [2.24, 2.45) is 0 Å². The van der Waals surface area contributed by atoms with Crippen LogP contribution in [-0.2, 0) is 16.2 Å². The molecule has 0 atom stereocenters. The van der Waals surface area contributed by atoms with E-state index in [0.29, 0.717) is 32.7 Å². The van der Waals surface area contributed by atoms with Gasteiger partial charge in [0.2, 0.25) is 0 Å². The summed E-state index contributed by atoms with van der Waals surface area (Å²) in [5.74, 6) is -0.715. The van der Waals surface area contributed by atoms with Crippen LogP contribution in [0.4, 0.5) is 10.5 Å². The largest absolute Gasteiger partial charge is 0.497 e. The van der Waals surface area contributed by atoms with Gasteiger partial charge in [-0.25, -0.2) is 9.69 Å². The van der Waals surface area contributed by atoms with E-state index in [1.165, 1.54) is 19.3 Å². The number of hydrogen-bond acceptors (Lipinski definition) is 5. The minimum atomic E-state index is -0.854. The number of halogens is 2. The van der Waals surface area contributed by atoms with Crippen molar-refractivity contribution < 1.29 is 23.9 Å². The number of hydrogen-bond donors (Lipinski definition) is 1. The third-order valence-corrected chi connectivity index (χ3v) is 5.98. The van der Waals surface area contributed by atoms with Crippen LogP contribution in [0.25, 0.3) is 6.08 Å². The lowest BCUT2D eigenvalue weighted by Gasteiger charge is -2.27. The highest BCUT2D eigenvalue weighted by Crippen LogP contribution is 2.31. The van der Waals surface area contributed by atoms with Crippen molar-refractivity contribution in [3.63, 3.8) is 0 Å². The summed E-state index contributed by atoms with van der Waals surface area (Å²) in [5, 5.41) is 3.11. The van der Waals surface area contributed by atoms with Gasteiger partial charge in [0.15, 0.2) is 0 Å². The van der Waals surface area contributed by atoms with E-state index in [2.05, 4.69) is 5.32 Å². The molecule has 1 fully saturated rings. The normalized spacial score (nSPS) is 14.8. The summed E-state index contributed by atoms with van der Waals surface area (Å²) in [5.41, 5.74) is 1.88. The zero-order chi connectivity index (χ0) is 25.1. The van der Waals surface area contributed by atoms with Gasteiger partial charge in [0.25, 0.3) is 11.8 Å². The first-order valence-electron chi connectivity index (χ1n) is 10.5. The lowest BCUT2D eigenvalue weighted by molar-refractivity contribution is -0.122. The molecule has 1 aliphatic rings. The molecule has 4 amide bonds. The van der Waals surface area contributed by atoms with E-state index in [0.717, 1.165) is 10.5 Å². The number of nitrogens with one attached hydrogen (secondary N) is 1. The first kappa shape index (κ1) is 24.3. The molecule has 0 spiro atoms. The molecule has 1 N–H and O–H groups in total. The third kappa shape index (κ3) is 5.16. The third-order valence-electron chi connectivity index (χ3n) is 5.38.